The lowest BCUT2D eigenvalue weighted by molar-refractivity contribution is -0.122. The molecule has 2 bridgehead atoms. The molecule has 2 aliphatic rings. The summed E-state index contributed by atoms with van der Waals surface area (Å²) in [5.74, 6) is 1.19. The van der Waals surface area contributed by atoms with Crippen molar-refractivity contribution in [3.05, 3.63) is 24.3 Å². The largest absolute Gasteiger partial charge is 0.494 e. The predicted octanol–water partition coefficient (Wildman–Crippen LogP) is 3.08. The van der Waals surface area contributed by atoms with E-state index in [0.717, 1.165) is 12.8 Å². The van der Waals surface area contributed by atoms with E-state index in [4.69, 9.17) is 4.74 Å². The van der Waals surface area contributed by atoms with Crippen LogP contribution in [0.15, 0.2) is 29.2 Å². The molecule has 0 spiro atoms. The molecule has 0 aromatic heterocycles. The first kappa shape index (κ1) is 21.1. The SMILES string of the molecule is CCOc1ccc(S(=O)(=O)NCCC(=O)NC2CC3CCC2(C)C3(C)C)cc1. The van der Waals surface area contributed by atoms with E-state index in [-0.39, 0.29) is 40.6 Å². The first-order valence-electron chi connectivity index (χ1n) is 10.1. The van der Waals surface area contributed by atoms with Gasteiger partial charge < -0.3 is 10.1 Å². The van der Waals surface area contributed by atoms with Crippen LogP contribution in [-0.2, 0) is 14.8 Å². The van der Waals surface area contributed by atoms with Crippen molar-refractivity contribution in [3.8, 4) is 5.75 Å². The molecular formula is C21H32N2O4S. The maximum absolute atomic E-state index is 12.4. The second-order valence-electron chi connectivity index (χ2n) is 8.78. The standard InChI is InChI=1S/C21H32N2O4S/c1-5-27-16-6-8-17(9-7-16)28(25,26)22-13-11-19(24)23-18-14-15-10-12-21(18,4)20(15,2)3/h6-9,15,18,22H,5,10-14H2,1-4H3,(H,23,24). The Bertz CT molecular complexity index is 819. The minimum absolute atomic E-state index is 0.0810. The van der Waals surface area contributed by atoms with Gasteiger partial charge in [-0.2, -0.15) is 0 Å². The zero-order chi connectivity index (χ0) is 20.6. The summed E-state index contributed by atoms with van der Waals surface area (Å²) in [6.45, 7) is 9.37. The summed E-state index contributed by atoms with van der Waals surface area (Å²) in [6, 6.07) is 6.44. The van der Waals surface area contributed by atoms with Crippen molar-refractivity contribution < 1.29 is 17.9 Å². The van der Waals surface area contributed by atoms with E-state index >= 15 is 0 Å². The van der Waals surface area contributed by atoms with Crippen molar-refractivity contribution in [1.82, 2.24) is 10.0 Å². The van der Waals surface area contributed by atoms with E-state index in [0.29, 0.717) is 18.3 Å². The van der Waals surface area contributed by atoms with Crippen molar-refractivity contribution in [3.63, 3.8) is 0 Å². The molecule has 2 aliphatic carbocycles. The van der Waals surface area contributed by atoms with Crippen LogP contribution in [0.2, 0.25) is 0 Å². The lowest BCUT2D eigenvalue weighted by atomic mass is 9.69. The second kappa shape index (κ2) is 7.67. The van der Waals surface area contributed by atoms with Crippen LogP contribution < -0.4 is 14.8 Å². The zero-order valence-electron chi connectivity index (χ0n) is 17.2. The second-order valence-corrected chi connectivity index (χ2v) is 10.5. The van der Waals surface area contributed by atoms with Crippen LogP contribution in [0.25, 0.3) is 0 Å². The fourth-order valence-corrected chi connectivity index (χ4v) is 5.98. The number of carbonyl (C=O) groups excluding carboxylic acids is 1. The van der Waals surface area contributed by atoms with Gasteiger partial charge in [-0.05, 0) is 67.2 Å². The van der Waals surface area contributed by atoms with E-state index in [1.54, 1.807) is 12.1 Å². The monoisotopic (exact) mass is 408 g/mol. The van der Waals surface area contributed by atoms with Crippen LogP contribution in [0.3, 0.4) is 0 Å². The van der Waals surface area contributed by atoms with E-state index in [1.807, 2.05) is 6.92 Å². The molecule has 0 heterocycles. The fourth-order valence-electron chi connectivity index (χ4n) is 4.95. The number of amides is 1. The van der Waals surface area contributed by atoms with Crippen molar-refractivity contribution in [2.75, 3.05) is 13.2 Å². The molecular weight excluding hydrogens is 376 g/mol. The van der Waals surface area contributed by atoms with Gasteiger partial charge in [0.1, 0.15) is 5.75 Å². The third kappa shape index (κ3) is 3.79. The molecule has 2 saturated carbocycles. The van der Waals surface area contributed by atoms with Crippen molar-refractivity contribution >= 4 is 15.9 Å². The van der Waals surface area contributed by atoms with Crippen LogP contribution >= 0.6 is 0 Å². The number of benzene rings is 1. The molecule has 3 rings (SSSR count). The number of rotatable bonds is 8. The first-order chi connectivity index (χ1) is 13.1. The average molecular weight is 409 g/mol. The number of fused-ring (bicyclic) bond motifs is 2. The van der Waals surface area contributed by atoms with Crippen LogP contribution in [-0.4, -0.2) is 33.5 Å². The molecule has 1 amide bonds. The Balaban J connectivity index is 1.50. The van der Waals surface area contributed by atoms with Gasteiger partial charge in [-0.15, -0.1) is 0 Å². The molecule has 3 unspecified atom stereocenters. The first-order valence-corrected chi connectivity index (χ1v) is 11.6. The summed E-state index contributed by atoms with van der Waals surface area (Å²) >= 11 is 0. The quantitative estimate of drug-likeness (QED) is 0.692. The van der Waals surface area contributed by atoms with Gasteiger partial charge in [0.2, 0.25) is 15.9 Å². The summed E-state index contributed by atoms with van der Waals surface area (Å²) in [7, 11) is -3.64. The molecule has 156 valence electrons. The Labute approximate surface area is 168 Å². The van der Waals surface area contributed by atoms with Crippen molar-refractivity contribution in [1.29, 1.82) is 0 Å². The number of carbonyl (C=O) groups is 1. The van der Waals surface area contributed by atoms with Crippen LogP contribution in [0.1, 0.15) is 53.4 Å². The maximum atomic E-state index is 12.4. The molecule has 1 aromatic rings. The van der Waals surface area contributed by atoms with Gasteiger partial charge in [-0.3, -0.25) is 4.79 Å². The van der Waals surface area contributed by atoms with Crippen LogP contribution in [0.5, 0.6) is 5.75 Å². The summed E-state index contributed by atoms with van der Waals surface area (Å²) in [5, 5.41) is 3.16. The van der Waals surface area contributed by atoms with E-state index in [9.17, 15) is 13.2 Å². The molecule has 0 saturated heterocycles. The predicted molar refractivity (Wildman–Crippen MR) is 109 cm³/mol. The molecule has 6 nitrogen and oxygen atoms in total. The molecule has 2 N–H and O–H groups in total. The highest BCUT2D eigenvalue weighted by atomic mass is 32.2. The molecule has 0 aliphatic heterocycles. The number of hydrogen-bond donors (Lipinski definition) is 2. The van der Waals surface area contributed by atoms with Crippen LogP contribution in [0.4, 0.5) is 0 Å². The van der Waals surface area contributed by atoms with Gasteiger partial charge in [-0.1, -0.05) is 20.8 Å². The van der Waals surface area contributed by atoms with Gasteiger partial charge in [-0.25, -0.2) is 13.1 Å². The van der Waals surface area contributed by atoms with Gasteiger partial charge >= 0.3 is 0 Å². The van der Waals surface area contributed by atoms with Gasteiger partial charge in [0.05, 0.1) is 11.5 Å². The molecule has 1 aromatic carbocycles. The normalized spacial score (nSPS) is 28.3. The highest BCUT2D eigenvalue weighted by molar-refractivity contribution is 7.89. The Morgan fingerprint density at radius 1 is 1.21 bits per heavy atom. The van der Waals surface area contributed by atoms with Crippen molar-refractivity contribution in [2.24, 2.45) is 16.7 Å². The molecule has 28 heavy (non-hydrogen) atoms. The lowest BCUT2D eigenvalue weighted by Gasteiger charge is -2.39. The van der Waals surface area contributed by atoms with Gasteiger partial charge in [0.25, 0.3) is 0 Å². The number of ether oxygens (including phenoxy) is 1. The minimum Gasteiger partial charge on any atom is -0.494 e. The number of sulfonamides is 1. The Morgan fingerprint density at radius 2 is 1.89 bits per heavy atom. The number of hydrogen-bond acceptors (Lipinski definition) is 4. The Morgan fingerprint density at radius 3 is 2.43 bits per heavy atom. The highest BCUT2D eigenvalue weighted by Crippen LogP contribution is 2.65. The summed E-state index contributed by atoms with van der Waals surface area (Å²) in [5.41, 5.74) is 0.356. The van der Waals surface area contributed by atoms with E-state index < -0.39 is 10.0 Å². The van der Waals surface area contributed by atoms with Crippen LogP contribution in [0, 0.1) is 16.7 Å². The van der Waals surface area contributed by atoms with E-state index in [2.05, 4.69) is 30.8 Å². The summed E-state index contributed by atoms with van der Waals surface area (Å²) in [6.07, 6.45) is 3.53. The van der Waals surface area contributed by atoms with Crippen molar-refractivity contribution in [2.45, 2.75) is 64.3 Å². The fraction of sp³-hybridized carbons (Fsp3) is 0.667. The molecule has 3 atom stereocenters. The molecule has 7 heteroatoms. The highest BCUT2D eigenvalue weighted by Gasteiger charge is 2.61. The molecule has 0 radical (unpaired) electrons. The Hall–Kier alpha value is -1.60. The third-order valence-electron chi connectivity index (χ3n) is 7.22. The lowest BCUT2D eigenvalue weighted by Crippen LogP contribution is -2.47. The topological polar surface area (TPSA) is 84.5 Å². The average Bonchev–Trinajstić information content (AvgIpc) is 2.96. The Kier molecular flexibility index (Phi) is 5.79. The molecule has 2 fully saturated rings. The minimum atomic E-state index is -3.64. The van der Waals surface area contributed by atoms with Gasteiger partial charge in [0.15, 0.2) is 0 Å². The van der Waals surface area contributed by atoms with E-state index in [1.165, 1.54) is 18.6 Å². The number of nitrogens with one attached hydrogen (secondary N) is 2. The third-order valence-corrected chi connectivity index (χ3v) is 8.70. The smallest absolute Gasteiger partial charge is 0.240 e. The van der Waals surface area contributed by atoms with Gasteiger partial charge in [0, 0.05) is 19.0 Å². The zero-order valence-corrected chi connectivity index (χ0v) is 18.1. The summed E-state index contributed by atoms with van der Waals surface area (Å²) < 4.78 is 32.6. The summed E-state index contributed by atoms with van der Waals surface area (Å²) in [4.78, 5) is 12.6. The maximum Gasteiger partial charge on any atom is 0.240 e.